The van der Waals surface area contributed by atoms with E-state index in [9.17, 15) is 9.18 Å². The minimum absolute atomic E-state index is 0.107. The number of benzene rings is 1. The molecule has 0 fully saturated rings. The third-order valence-electron chi connectivity index (χ3n) is 2.16. The van der Waals surface area contributed by atoms with Gasteiger partial charge in [-0.1, -0.05) is 11.6 Å². The molecule has 1 rings (SSSR count). The van der Waals surface area contributed by atoms with Gasteiger partial charge in [-0.3, -0.25) is 4.79 Å². The van der Waals surface area contributed by atoms with E-state index < -0.39 is 23.9 Å². The molecule has 7 heteroatoms. The lowest BCUT2D eigenvalue weighted by Crippen LogP contribution is -2.41. The Morgan fingerprint density at radius 3 is 2.50 bits per heavy atom. The number of aliphatic carboxylic acids is 1. The third-order valence-corrected chi connectivity index (χ3v) is 2.45. The summed E-state index contributed by atoms with van der Waals surface area (Å²) in [6.07, 6.45) is 0. The molecule has 16 heavy (non-hydrogen) atoms. The van der Waals surface area contributed by atoms with Crippen molar-refractivity contribution in [2.75, 3.05) is 5.73 Å². The van der Waals surface area contributed by atoms with Crippen LogP contribution in [-0.2, 0) is 4.79 Å². The normalized spacial score (nSPS) is 14.5. The van der Waals surface area contributed by atoms with Crippen molar-refractivity contribution in [3.05, 3.63) is 28.5 Å². The molecule has 0 saturated carbocycles. The zero-order valence-electron chi connectivity index (χ0n) is 8.15. The first kappa shape index (κ1) is 12.7. The van der Waals surface area contributed by atoms with Crippen LogP contribution in [0, 0.1) is 5.82 Å². The molecular formula is C9H11ClFN3O2. The number of carboxylic acid groups (broad SMARTS) is 1. The minimum atomic E-state index is -1.36. The maximum Gasteiger partial charge on any atom is 0.322 e. The smallest absolute Gasteiger partial charge is 0.322 e. The number of carboxylic acids is 1. The van der Waals surface area contributed by atoms with E-state index in [0.717, 1.165) is 6.07 Å². The standard InChI is InChI=1S/C9H11ClFN3O2/c10-4-2-6(12)3(1-5(4)11)7(13)8(14)9(15)16/h1-2,7-8H,12-14H2,(H,15,16). The van der Waals surface area contributed by atoms with E-state index in [-0.39, 0.29) is 16.3 Å². The Bertz CT molecular complexity index is 427. The number of hydrogen-bond acceptors (Lipinski definition) is 4. The lowest BCUT2D eigenvalue weighted by Gasteiger charge is -2.18. The first-order chi connectivity index (χ1) is 7.34. The van der Waals surface area contributed by atoms with Crippen LogP contribution in [-0.4, -0.2) is 17.1 Å². The summed E-state index contributed by atoms with van der Waals surface area (Å²) in [7, 11) is 0. The van der Waals surface area contributed by atoms with Gasteiger partial charge in [0, 0.05) is 5.69 Å². The van der Waals surface area contributed by atoms with Crippen molar-refractivity contribution >= 4 is 23.3 Å². The van der Waals surface area contributed by atoms with Gasteiger partial charge in [0.05, 0.1) is 11.1 Å². The highest BCUT2D eigenvalue weighted by Crippen LogP contribution is 2.26. The fraction of sp³-hybridized carbons (Fsp3) is 0.222. The summed E-state index contributed by atoms with van der Waals surface area (Å²) in [6.45, 7) is 0. The van der Waals surface area contributed by atoms with Crippen molar-refractivity contribution in [1.82, 2.24) is 0 Å². The molecule has 0 radical (unpaired) electrons. The van der Waals surface area contributed by atoms with Gasteiger partial charge in [-0.15, -0.1) is 0 Å². The highest BCUT2D eigenvalue weighted by Gasteiger charge is 2.24. The van der Waals surface area contributed by atoms with Crippen LogP contribution in [0.15, 0.2) is 12.1 Å². The number of halogens is 2. The van der Waals surface area contributed by atoms with Crippen molar-refractivity contribution in [3.63, 3.8) is 0 Å². The number of hydrogen-bond donors (Lipinski definition) is 4. The molecule has 2 unspecified atom stereocenters. The molecule has 0 aliphatic heterocycles. The minimum Gasteiger partial charge on any atom is -0.480 e. The van der Waals surface area contributed by atoms with Crippen LogP contribution >= 0.6 is 11.6 Å². The van der Waals surface area contributed by atoms with E-state index in [4.69, 9.17) is 33.9 Å². The summed E-state index contributed by atoms with van der Waals surface area (Å²) < 4.78 is 13.2. The second kappa shape index (κ2) is 4.65. The fourth-order valence-corrected chi connectivity index (χ4v) is 1.39. The van der Waals surface area contributed by atoms with Gasteiger partial charge in [0.25, 0.3) is 0 Å². The van der Waals surface area contributed by atoms with Crippen LogP contribution in [0.2, 0.25) is 5.02 Å². The Kier molecular flexibility index (Phi) is 3.69. The lowest BCUT2D eigenvalue weighted by atomic mass is 9.99. The molecule has 88 valence electrons. The van der Waals surface area contributed by atoms with Crippen LogP contribution in [0.4, 0.5) is 10.1 Å². The van der Waals surface area contributed by atoms with Gasteiger partial charge in [-0.05, 0) is 17.7 Å². The van der Waals surface area contributed by atoms with E-state index in [1.807, 2.05) is 0 Å². The molecule has 0 aromatic heterocycles. The van der Waals surface area contributed by atoms with Gasteiger partial charge in [0.1, 0.15) is 11.9 Å². The second-order valence-corrected chi connectivity index (χ2v) is 3.69. The SMILES string of the molecule is Nc1cc(Cl)c(F)cc1C(N)C(N)C(=O)O. The molecule has 0 amide bonds. The largest absolute Gasteiger partial charge is 0.480 e. The maximum absolute atomic E-state index is 13.2. The average Bonchev–Trinajstić information content (AvgIpc) is 2.21. The van der Waals surface area contributed by atoms with Crippen LogP contribution < -0.4 is 17.2 Å². The second-order valence-electron chi connectivity index (χ2n) is 3.29. The van der Waals surface area contributed by atoms with E-state index in [1.54, 1.807) is 0 Å². The third kappa shape index (κ3) is 2.41. The fourth-order valence-electron chi connectivity index (χ4n) is 1.21. The average molecular weight is 248 g/mol. The van der Waals surface area contributed by atoms with Crippen LogP contribution in [0.3, 0.4) is 0 Å². The maximum atomic E-state index is 13.2. The molecule has 0 bridgehead atoms. The van der Waals surface area contributed by atoms with Crippen molar-refractivity contribution in [2.24, 2.45) is 11.5 Å². The molecule has 0 spiro atoms. The predicted octanol–water partition coefficient (Wildman–Crippen LogP) is 0.473. The van der Waals surface area contributed by atoms with Gasteiger partial charge in [-0.25, -0.2) is 4.39 Å². The number of carbonyl (C=O) groups is 1. The summed E-state index contributed by atoms with van der Waals surface area (Å²) in [6, 6.07) is -0.293. The summed E-state index contributed by atoms with van der Waals surface area (Å²) in [5, 5.41) is 8.51. The zero-order chi connectivity index (χ0) is 12.5. The molecular weight excluding hydrogens is 237 g/mol. The van der Waals surface area contributed by atoms with Gasteiger partial charge in [-0.2, -0.15) is 0 Å². The van der Waals surface area contributed by atoms with E-state index in [2.05, 4.69) is 0 Å². The molecule has 2 atom stereocenters. The number of nitrogen functional groups attached to an aromatic ring is 1. The van der Waals surface area contributed by atoms with Gasteiger partial charge in [0.2, 0.25) is 0 Å². The number of anilines is 1. The molecule has 0 heterocycles. The topological polar surface area (TPSA) is 115 Å². The Hall–Kier alpha value is -1.37. The molecule has 5 nitrogen and oxygen atoms in total. The lowest BCUT2D eigenvalue weighted by molar-refractivity contribution is -0.139. The molecule has 1 aromatic carbocycles. The van der Waals surface area contributed by atoms with Crippen LogP contribution in [0.25, 0.3) is 0 Å². The van der Waals surface area contributed by atoms with Crippen LogP contribution in [0.5, 0.6) is 0 Å². The molecule has 0 aliphatic carbocycles. The van der Waals surface area contributed by atoms with E-state index >= 15 is 0 Å². The van der Waals surface area contributed by atoms with Gasteiger partial charge in [0.15, 0.2) is 0 Å². The Morgan fingerprint density at radius 2 is 2.00 bits per heavy atom. The Labute approximate surface area is 96.0 Å². The molecule has 0 saturated heterocycles. The van der Waals surface area contributed by atoms with Crippen molar-refractivity contribution in [1.29, 1.82) is 0 Å². The number of nitrogens with two attached hydrogens (primary N) is 3. The first-order valence-electron chi connectivity index (χ1n) is 4.33. The van der Waals surface area contributed by atoms with Crippen molar-refractivity contribution in [3.8, 4) is 0 Å². The van der Waals surface area contributed by atoms with Crippen molar-refractivity contribution in [2.45, 2.75) is 12.1 Å². The number of rotatable bonds is 3. The van der Waals surface area contributed by atoms with Crippen molar-refractivity contribution < 1.29 is 14.3 Å². The highest BCUT2D eigenvalue weighted by molar-refractivity contribution is 6.31. The summed E-state index contributed by atoms with van der Waals surface area (Å²) >= 11 is 5.49. The molecule has 7 N–H and O–H groups in total. The van der Waals surface area contributed by atoms with Gasteiger partial charge >= 0.3 is 5.97 Å². The molecule has 0 aliphatic rings. The Morgan fingerprint density at radius 1 is 1.44 bits per heavy atom. The predicted molar refractivity (Wildman–Crippen MR) is 58.4 cm³/mol. The summed E-state index contributed by atoms with van der Waals surface area (Å²) in [5.41, 5.74) is 16.7. The monoisotopic (exact) mass is 247 g/mol. The summed E-state index contributed by atoms with van der Waals surface area (Å²) in [4.78, 5) is 10.6. The zero-order valence-corrected chi connectivity index (χ0v) is 8.91. The summed E-state index contributed by atoms with van der Waals surface area (Å²) in [5.74, 6) is -2.01. The van der Waals surface area contributed by atoms with E-state index in [1.165, 1.54) is 6.07 Å². The highest BCUT2D eigenvalue weighted by atomic mass is 35.5. The molecule has 1 aromatic rings. The quantitative estimate of drug-likeness (QED) is 0.580. The van der Waals surface area contributed by atoms with Gasteiger partial charge < -0.3 is 22.3 Å². The Balaban J connectivity index is 3.13. The first-order valence-corrected chi connectivity index (χ1v) is 4.70. The van der Waals surface area contributed by atoms with E-state index in [0.29, 0.717) is 0 Å². The van der Waals surface area contributed by atoms with Crippen LogP contribution in [0.1, 0.15) is 11.6 Å².